The molecule has 0 saturated heterocycles. The van der Waals surface area contributed by atoms with Crippen molar-refractivity contribution >= 4 is 15.9 Å². The summed E-state index contributed by atoms with van der Waals surface area (Å²) in [6.45, 7) is 0.645. The van der Waals surface area contributed by atoms with Crippen molar-refractivity contribution in [3.8, 4) is 0 Å². The highest BCUT2D eigenvalue weighted by atomic mass is 79.9. The Morgan fingerprint density at radius 2 is 1.88 bits per heavy atom. The van der Waals surface area contributed by atoms with Gasteiger partial charge in [0.1, 0.15) is 0 Å². The van der Waals surface area contributed by atoms with E-state index in [9.17, 15) is 4.79 Å². The SMILES string of the molecule is O=c1n(Cc2ccc(Br)cc2)ccn1C1CC1. The summed E-state index contributed by atoms with van der Waals surface area (Å²) in [6, 6.07) is 8.51. The number of rotatable bonds is 3. The molecule has 1 aromatic heterocycles. The zero-order chi connectivity index (χ0) is 11.8. The molecule has 0 atom stereocenters. The zero-order valence-electron chi connectivity index (χ0n) is 9.34. The summed E-state index contributed by atoms with van der Waals surface area (Å²) >= 11 is 3.40. The van der Waals surface area contributed by atoms with Crippen molar-refractivity contribution in [1.82, 2.24) is 9.13 Å². The fraction of sp³-hybridized carbons (Fsp3) is 0.308. The van der Waals surface area contributed by atoms with Crippen molar-refractivity contribution in [3.05, 3.63) is 57.2 Å². The minimum Gasteiger partial charge on any atom is -0.296 e. The summed E-state index contributed by atoms with van der Waals surface area (Å²) in [6.07, 6.45) is 6.06. The van der Waals surface area contributed by atoms with Gasteiger partial charge in [-0.1, -0.05) is 28.1 Å². The van der Waals surface area contributed by atoms with Gasteiger partial charge in [0.05, 0.1) is 6.54 Å². The maximum absolute atomic E-state index is 12.0. The Labute approximate surface area is 108 Å². The average Bonchev–Trinajstić information content (AvgIpc) is 3.10. The van der Waals surface area contributed by atoms with Crippen LogP contribution in [0.1, 0.15) is 24.4 Å². The quantitative estimate of drug-likeness (QED) is 0.855. The smallest absolute Gasteiger partial charge is 0.296 e. The maximum Gasteiger partial charge on any atom is 0.328 e. The molecule has 0 N–H and O–H groups in total. The minimum atomic E-state index is 0.107. The number of imidazole rings is 1. The molecule has 3 nitrogen and oxygen atoms in total. The summed E-state index contributed by atoms with van der Waals surface area (Å²) in [7, 11) is 0. The number of hydrogen-bond donors (Lipinski definition) is 0. The molecule has 0 aliphatic heterocycles. The van der Waals surface area contributed by atoms with Crippen LogP contribution in [0.5, 0.6) is 0 Å². The molecule has 1 aromatic carbocycles. The average molecular weight is 293 g/mol. The van der Waals surface area contributed by atoms with Crippen molar-refractivity contribution in [1.29, 1.82) is 0 Å². The molecule has 3 rings (SSSR count). The molecule has 88 valence electrons. The summed E-state index contributed by atoms with van der Waals surface area (Å²) in [5.41, 5.74) is 1.25. The second-order valence-electron chi connectivity index (χ2n) is 4.47. The molecular formula is C13H13BrN2O. The molecule has 0 spiro atoms. The van der Waals surface area contributed by atoms with Gasteiger partial charge >= 0.3 is 5.69 Å². The van der Waals surface area contributed by atoms with E-state index in [4.69, 9.17) is 0 Å². The van der Waals surface area contributed by atoms with E-state index >= 15 is 0 Å². The van der Waals surface area contributed by atoms with Crippen LogP contribution < -0.4 is 5.69 Å². The van der Waals surface area contributed by atoms with E-state index < -0.39 is 0 Å². The van der Waals surface area contributed by atoms with Gasteiger partial charge in [0, 0.05) is 22.9 Å². The first-order chi connectivity index (χ1) is 8.24. The molecule has 17 heavy (non-hydrogen) atoms. The van der Waals surface area contributed by atoms with Crippen molar-refractivity contribution in [2.75, 3.05) is 0 Å². The zero-order valence-corrected chi connectivity index (χ0v) is 10.9. The molecule has 1 aliphatic rings. The molecule has 1 heterocycles. The van der Waals surface area contributed by atoms with E-state index in [1.54, 1.807) is 4.57 Å². The molecule has 4 heteroatoms. The highest BCUT2D eigenvalue weighted by Crippen LogP contribution is 2.33. The monoisotopic (exact) mass is 292 g/mol. The van der Waals surface area contributed by atoms with Crippen LogP contribution in [0.15, 0.2) is 45.9 Å². The number of hydrogen-bond acceptors (Lipinski definition) is 1. The summed E-state index contributed by atoms with van der Waals surface area (Å²) in [5.74, 6) is 0. The lowest BCUT2D eigenvalue weighted by Crippen LogP contribution is -2.23. The highest BCUT2D eigenvalue weighted by molar-refractivity contribution is 9.10. The summed E-state index contributed by atoms with van der Waals surface area (Å²) in [5, 5.41) is 0. The van der Waals surface area contributed by atoms with E-state index in [2.05, 4.69) is 15.9 Å². The third kappa shape index (κ3) is 2.22. The Kier molecular flexibility index (Phi) is 2.67. The molecule has 0 bridgehead atoms. The molecule has 2 aromatic rings. The van der Waals surface area contributed by atoms with Crippen molar-refractivity contribution in [2.45, 2.75) is 25.4 Å². The van der Waals surface area contributed by atoms with Crippen molar-refractivity contribution < 1.29 is 0 Å². The van der Waals surface area contributed by atoms with Gasteiger partial charge in [-0.25, -0.2) is 4.79 Å². The van der Waals surface area contributed by atoms with Crippen molar-refractivity contribution in [3.63, 3.8) is 0 Å². The van der Waals surface area contributed by atoms with Crippen LogP contribution in [0.25, 0.3) is 0 Å². The molecular weight excluding hydrogens is 280 g/mol. The van der Waals surface area contributed by atoms with Gasteiger partial charge in [-0.2, -0.15) is 0 Å². The molecule has 1 saturated carbocycles. The van der Waals surface area contributed by atoms with Crippen LogP contribution in [0.2, 0.25) is 0 Å². The fourth-order valence-electron chi connectivity index (χ4n) is 1.97. The van der Waals surface area contributed by atoms with E-state index in [-0.39, 0.29) is 5.69 Å². The van der Waals surface area contributed by atoms with Crippen LogP contribution in [0.4, 0.5) is 0 Å². The summed E-state index contributed by atoms with van der Waals surface area (Å²) < 4.78 is 4.67. The maximum atomic E-state index is 12.0. The van der Waals surface area contributed by atoms with E-state index in [1.165, 1.54) is 0 Å². The first kappa shape index (κ1) is 10.8. The number of benzene rings is 1. The third-order valence-electron chi connectivity index (χ3n) is 3.08. The van der Waals surface area contributed by atoms with E-state index in [0.29, 0.717) is 12.6 Å². The lowest BCUT2D eigenvalue weighted by molar-refractivity contribution is 0.656. The normalized spacial score (nSPS) is 15.1. The number of aromatic nitrogens is 2. The fourth-order valence-corrected chi connectivity index (χ4v) is 2.23. The van der Waals surface area contributed by atoms with Gasteiger partial charge in [0.15, 0.2) is 0 Å². The second-order valence-corrected chi connectivity index (χ2v) is 5.39. The van der Waals surface area contributed by atoms with Crippen LogP contribution in [0, 0.1) is 0 Å². The first-order valence-electron chi connectivity index (χ1n) is 5.76. The molecule has 0 radical (unpaired) electrons. The van der Waals surface area contributed by atoms with Crippen LogP contribution in [-0.2, 0) is 6.54 Å². The first-order valence-corrected chi connectivity index (χ1v) is 6.55. The van der Waals surface area contributed by atoms with Gasteiger partial charge in [0.2, 0.25) is 0 Å². The lowest BCUT2D eigenvalue weighted by Gasteiger charge is -2.02. The van der Waals surface area contributed by atoms with Crippen LogP contribution >= 0.6 is 15.9 Å². The van der Waals surface area contributed by atoms with Crippen LogP contribution in [-0.4, -0.2) is 9.13 Å². The van der Waals surface area contributed by atoms with Gasteiger partial charge in [0.25, 0.3) is 0 Å². The van der Waals surface area contributed by atoms with Gasteiger partial charge in [-0.15, -0.1) is 0 Å². The number of nitrogens with zero attached hydrogens (tertiary/aromatic N) is 2. The Hall–Kier alpha value is -1.29. The van der Waals surface area contributed by atoms with Gasteiger partial charge in [-0.05, 0) is 30.5 Å². The van der Waals surface area contributed by atoms with E-state index in [0.717, 1.165) is 22.9 Å². The Morgan fingerprint density at radius 3 is 2.53 bits per heavy atom. The topological polar surface area (TPSA) is 26.9 Å². The molecule has 1 aliphatic carbocycles. The largest absolute Gasteiger partial charge is 0.328 e. The predicted molar refractivity (Wildman–Crippen MR) is 70.2 cm³/mol. The number of halogens is 1. The second kappa shape index (κ2) is 4.18. The Bertz CT molecular complexity index is 578. The van der Waals surface area contributed by atoms with Crippen molar-refractivity contribution in [2.24, 2.45) is 0 Å². The Balaban J connectivity index is 1.85. The lowest BCUT2D eigenvalue weighted by atomic mass is 10.2. The van der Waals surface area contributed by atoms with E-state index in [1.807, 2.05) is 41.2 Å². The molecule has 0 unspecified atom stereocenters. The molecule has 0 amide bonds. The van der Waals surface area contributed by atoms with Gasteiger partial charge in [-0.3, -0.25) is 9.13 Å². The summed E-state index contributed by atoms with van der Waals surface area (Å²) in [4.78, 5) is 12.0. The van der Waals surface area contributed by atoms with Crippen LogP contribution in [0.3, 0.4) is 0 Å². The molecule has 1 fully saturated rings. The standard InChI is InChI=1S/C13H13BrN2O/c14-11-3-1-10(2-4-11)9-15-7-8-16(13(15)17)12-5-6-12/h1-4,7-8,12H,5-6,9H2. The Morgan fingerprint density at radius 1 is 1.18 bits per heavy atom. The van der Waals surface area contributed by atoms with Gasteiger partial charge < -0.3 is 0 Å². The third-order valence-corrected chi connectivity index (χ3v) is 3.61. The minimum absolute atomic E-state index is 0.107. The predicted octanol–water partition coefficient (Wildman–Crippen LogP) is 2.80. The highest BCUT2D eigenvalue weighted by Gasteiger charge is 2.25.